The summed E-state index contributed by atoms with van der Waals surface area (Å²) in [5.74, 6) is -0.910. The molecular weight excluding hydrogens is 1020 g/mol. The molecule has 0 radical (unpaired) electrons. The molecule has 1 atom stereocenters. The minimum absolute atomic E-state index is 0.0890. The van der Waals surface area contributed by atoms with Gasteiger partial charge in [-0.1, -0.05) is 336 Å². The molecule has 1 unspecified atom stereocenters. The predicted octanol–water partition coefficient (Wildman–Crippen LogP) is 24.8. The van der Waals surface area contributed by atoms with Crippen LogP contribution < -0.4 is 0 Å². The molecule has 0 aromatic carbocycles. The van der Waals surface area contributed by atoms with Crippen molar-refractivity contribution < 1.29 is 28.6 Å². The lowest BCUT2D eigenvalue weighted by molar-refractivity contribution is -0.167. The van der Waals surface area contributed by atoms with Crippen LogP contribution in [0.1, 0.15) is 355 Å². The van der Waals surface area contributed by atoms with E-state index < -0.39 is 6.10 Å². The number of carbonyl (C=O) groups excluding carboxylic acids is 3. The number of carbonyl (C=O) groups is 3. The Labute approximate surface area is 515 Å². The highest BCUT2D eigenvalue weighted by atomic mass is 16.6. The van der Waals surface area contributed by atoms with Crippen LogP contribution >= 0.6 is 0 Å². The zero-order chi connectivity index (χ0) is 59.9. The molecule has 0 saturated carbocycles. The van der Waals surface area contributed by atoms with Gasteiger partial charge in [0.15, 0.2) is 6.10 Å². The number of unbranched alkanes of at least 4 members (excludes halogenated alkanes) is 38. The molecule has 0 aromatic heterocycles. The molecule has 0 spiro atoms. The summed E-state index contributed by atoms with van der Waals surface area (Å²) in [7, 11) is 0. The summed E-state index contributed by atoms with van der Waals surface area (Å²) in [6.45, 7) is 6.43. The van der Waals surface area contributed by atoms with Gasteiger partial charge in [0.25, 0.3) is 0 Å². The molecule has 0 saturated heterocycles. The van der Waals surface area contributed by atoms with Crippen molar-refractivity contribution in [3.8, 4) is 0 Å². The molecule has 0 heterocycles. The molecule has 0 rings (SSSR count). The van der Waals surface area contributed by atoms with Crippen molar-refractivity contribution in [3.05, 3.63) is 97.2 Å². The Hall–Kier alpha value is -3.67. The lowest BCUT2D eigenvalue weighted by Crippen LogP contribution is -2.30. The van der Waals surface area contributed by atoms with Gasteiger partial charge in [-0.05, 0) is 96.3 Å². The number of ether oxygens (including phenoxy) is 3. The second-order valence-electron chi connectivity index (χ2n) is 23.7. The summed E-state index contributed by atoms with van der Waals surface area (Å²) < 4.78 is 17.0. The van der Waals surface area contributed by atoms with Crippen molar-refractivity contribution in [3.63, 3.8) is 0 Å². The first kappa shape index (κ1) is 79.3. The lowest BCUT2D eigenvalue weighted by Gasteiger charge is -2.18. The molecular formula is C77H134O6. The summed E-state index contributed by atoms with van der Waals surface area (Å²) in [5.41, 5.74) is 0. The van der Waals surface area contributed by atoms with E-state index in [1.165, 1.54) is 167 Å². The largest absolute Gasteiger partial charge is 0.462 e. The van der Waals surface area contributed by atoms with Crippen molar-refractivity contribution in [2.75, 3.05) is 13.2 Å². The quantitative estimate of drug-likeness (QED) is 0.0261. The van der Waals surface area contributed by atoms with Gasteiger partial charge in [0.1, 0.15) is 13.2 Å². The van der Waals surface area contributed by atoms with Crippen molar-refractivity contribution in [2.45, 2.75) is 361 Å². The molecule has 0 aromatic rings. The van der Waals surface area contributed by atoms with Gasteiger partial charge in [-0.3, -0.25) is 14.4 Å². The third-order valence-electron chi connectivity index (χ3n) is 15.6. The number of allylic oxidation sites excluding steroid dienone is 16. The van der Waals surface area contributed by atoms with E-state index in [1.54, 1.807) is 0 Å². The molecule has 0 fully saturated rings. The van der Waals surface area contributed by atoms with Crippen LogP contribution in [0.5, 0.6) is 0 Å². The van der Waals surface area contributed by atoms with Crippen LogP contribution in [-0.4, -0.2) is 37.2 Å². The van der Waals surface area contributed by atoms with E-state index in [9.17, 15) is 14.4 Å². The molecule has 0 aliphatic carbocycles. The van der Waals surface area contributed by atoms with Crippen molar-refractivity contribution in [1.82, 2.24) is 0 Å². The van der Waals surface area contributed by atoms with Crippen LogP contribution in [0.15, 0.2) is 97.2 Å². The maximum atomic E-state index is 12.9. The van der Waals surface area contributed by atoms with Crippen molar-refractivity contribution in [2.24, 2.45) is 0 Å². The molecule has 6 heteroatoms. The molecule has 0 amide bonds. The predicted molar refractivity (Wildman–Crippen MR) is 362 cm³/mol. The standard InChI is InChI=1S/C77H134O6/c1-4-7-10-13-16-19-22-25-28-30-32-34-35-36-37-38-39-40-41-43-44-46-49-52-55-58-61-64-67-70-76(79)82-73-74(72-81-75(78)69-66-63-60-57-54-51-48-27-24-21-18-15-12-9-6-3)83-77(80)71-68-65-62-59-56-53-50-47-45-42-33-31-29-26-23-20-17-14-11-8-5-2/h8-9,11-12,17-18,20-21,26-27,29,33,42,47-48,50,74H,4-7,10,13-16,19,22-25,28,30-32,34-41,43-46,49,51-73H2,1-3H3/b11-8-,12-9-,20-17-,21-18-,29-26-,42-33-,48-27-,50-47-. The van der Waals surface area contributed by atoms with E-state index in [0.717, 1.165) is 148 Å². The summed E-state index contributed by atoms with van der Waals surface area (Å²) in [6.07, 6.45) is 95.9. The summed E-state index contributed by atoms with van der Waals surface area (Å²) >= 11 is 0. The fourth-order valence-electron chi connectivity index (χ4n) is 10.3. The van der Waals surface area contributed by atoms with Gasteiger partial charge in [-0.25, -0.2) is 0 Å². The fraction of sp³-hybridized carbons (Fsp3) is 0.753. The minimum atomic E-state index is -0.797. The van der Waals surface area contributed by atoms with Gasteiger partial charge in [0.05, 0.1) is 0 Å². The number of hydrogen-bond donors (Lipinski definition) is 0. The van der Waals surface area contributed by atoms with Gasteiger partial charge in [0, 0.05) is 19.3 Å². The Morgan fingerprint density at radius 3 is 0.735 bits per heavy atom. The van der Waals surface area contributed by atoms with Gasteiger partial charge < -0.3 is 14.2 Å². The third-order valence-corrected chi connectivity index (χ3v) is 15.6. The number of hydrogen-bond acceptors (Lipinski definition) is 6. The van der Waals surface area contributed by atoms with Crippen molar-refractivity contribution in [1.29, 1.82) is 0 Å². The smallest absolute Gasteiger partial charge is 0.306 e. The molecule has 0 N–H and O–H groups in total. The zero-order valence-electron chi connectivity index (χ0n) is 54.9. The first-order valence-electron chi connectivity index (χ1n) is 35.7. The van der Waals surface area contributed by atoms with Crippen LogP contribution in [0.4, 0.5) is 0 Å². The first-order valence-corrected chi connectivity index (χ1v) is 35.7. The summed E-state index contributed by atoms with van der Waals surface area (Å²) in [6, 6.07) is 0. The topological polar surface area (TPSA) is 78.9 Å². The van der Waals surface area contributed by atoms with Crippen molar-refractivity contribution >= 4 is 17.9 Å². The lowest BCUT2D eigenvalue weighted by atomic mass is 10.0. The average molecular weight is 1160 g/mol. The number of esters is 3. The molecule has 478 valence electrons. The summed E-state index contributed by atoms with van der Waals surface area (Å²) in [4.78, 5) is 38.4. The SMILES string of the molecule is CC/C=C\C/C=C\C/C=C\C/C=C\C/C=C\CCCCCCCC(=O)OC(COC(=O)CCCCCCC/C=C\C/C=C\C/C=C\CC)COC(=O)CCCCCCCCCCCCCCCCCCCCCCCCCCCCCCC. The Morgan fingerprint density at radius 1 is 0.253 bits per heavy atom. The highest BCUT2D eigenvalue weighted by Crippen LogP contribution is 2.18. The van der Waals surface area contributed by atoms with E-state index in [0.29, 0.717) is 19.3 Å². The highest BCUT2D eigenvalue weighted by molar-refractivity contribution is 5.71. The van der Waals surface area contributed by atoms with Gasteiger partial charge in [-0.15, -0.1) is 0 Å². The molecule has 0 aliphatic heterocycles. The average Bonchev–Trinajstić information content (AvgIpc) is 3.49. The summed E-state index contributed by atoms with van der Waals surface area (Å²) in [5, 5.41) is 0. The normalized spacial score (nSPS) is 12.7. The minimum Gasteiger partial charge on any atom is -0.462 e. The zero-order valence-corrected chi connectivity index (χ0v) is 54.9. The monoisotopic (exact) mass is 1160 g/mol. The highest BCUT2D eigenvalue weighted by Gasteiger charge is 2.19. The molecule has 83 heavy (non-hydrogen) atoms. The fourth-order valence-corrected chi connectivity index (χ4v) is 10.3. The second kappa shape index (κ2) is 70.8. The van der Waals surface area contributed by atoms with Crippen LogP contribution in [-0.2, 0) is 28.6 Å². The Balaban J connectivity index is 4.29. The maximum Gasteiger partial charge on any atom is 0.306 e. The molecule has 0 aliphatic rings. The number of rotatable bonds is 65. The van der Waals surface area contributed by atoms with Crippen LogP contribution in [0.2, 0.25) is 0 Å². The van der Waals surface area contributed by atoms with E-state index in [-0.39, 0.29) is 31.1 Å². The van der Waals surface area contributed by atoms with E-state index in [2.05, 4.69) is 118 Å². The van der Waals surface area contributed by atoms with E-state index in [1.807, 2.05) is 0 Å². The van der Waals surface area contributed by atoms with Crippen LogP contribution in [0.3, 0.4) is 0 Å². The molecule has 0 bridgehead atoms. The van der Waals surface area contributed by atoms with Crippen LogP contribution in [0.25, 0.3) is 0 Å². The molecule has 6 nitrogen and oxygen atoms in total. The van der Waals surface area contributed by atoms with Crippen LogP contribution in [0, 0.1) is 0 Å². The third kappa shape index (κ3) is 69.0. The van der Waals surface area contributed by atoms with Gasteiger partial charge >= 0.3 is 17.9 Å². The second-order valence-corrected chi connectivity index (χ2v) is 23.7. The Kier molecular flexibility index (Phi) is 67.7. The maximum absolute atomic E-state index is 12.9. The Morgan fingerprint density at radius 2 is 0.470 bits per heavy atom. The van der Waals surface area contributed by atoms with Gasteiger partial charge in [0.2, 0.25) is 0 Å². The first-order chi connectivity index (χ1) is 41.0. The van der Waals surface area contributed by atoms with E-state index >= 15 is 0 Å². The van der Waals surface area contributed by atoms with Gasteiger partial charge in [-0.2, -0.15) is 0 Å². The Bertz CT molecular complexity index is 1610. The van der Waals surface area contributed by atoms with E-state index in [4.69, 9.17) is 14.2 Å².